The lowest BCUT2D eigenvalue weighted by Gasteiger charge is -2.33. The van der Waals surface area contributed by atoms with E-state index in [0.29, 0.717) is 11.3 Å². The number of aryl methyl sites for hydroxylation is 2. The molecule has 2 N–H and O–H groups in total. The molecule has 1 aliphatic carbocycles. The van der Waals surface area contributed by atoms with E-state index in [4.69, 9.17) is 4.42 Å². The molecule has 0 amide bonds. The van der Waals surface area contributed by atoms with Gasteiger partial charge in [-0.2, -0.15) is 0 Å². The number of aliphatic imine (C=N–C) groups is 1. The summed E-state index contributed by atoms with van der Waals surface area (Å²) in [5.41, 5.74) is 1.48. The summed E-state index contributed by atoms with van der Waals surface area (Å²) in [5, 5.41) is 7.25. The zero-order chi connectivity index (χ0) is 21.6. The van der Waals surface area contributed by atoms with Gasteiger partial charge in [-0.05, 0) is 76.3 Å². The van der Waals surface area contributed by atoms with Crippen molar-refractivity contribution in [1.29, 1.82) is 0 Å². The third-order valence-corrected chi connectivity index (χ3v) is 7.06. The van der Waals surface area contributed by atoms with Gasteiger partial charge < -0.3 is 15.1 Å². The fourth-order valence-electron chi connectivity index (χ4n) is 5.32. The minimum Gasteiger partial charge on any atom is -0.444 e. The van der Waals surface area contributed by atoms with E-state index < -0.39 is 0 Å². The highest BCUT2D eigenvalue weighted by Crippen LogP contribution is 2.42. The minimum absolute atomic E-state index is 0. The van der Waals surface area contributed by atoms with Crippen molar-refractivity contribution < 1.29 is 4.42 Å². The van der Waals surface area contributed by atoms with Crippen LogP contribution < -0.4 is 10.6 Å². The largest absolute Gasteiger partial charge is 0.444 e. The number of aromatic nitrogens is 1. The molecule has 6 nitrogen and oxygen atoms in total. The third kappa shape index (κ3) is 7.91. The molecular formula is C24H44IN5O. The molecule has 1 saturated carbocycles. The fraction of sp³-hybridized carbons (Fsp3) is 0.833. The number of halogens is 1. The van der Waals surface area contributed by atoms with E-state index in [2.05, 4.69) is 39.4 Å². The lowest BCUT2D eigenvalue weighted by Crippen LogP contribution is -2.46. The Morgan fingerprint density at radius 3 is 2.42 bits per heavy atom. The van der Waals surface area contributed by atoms with Crippen LogP contribution in [0, 0.1) is 31.1 Å². The Morgan fingerprint density at radius 1 is 1.19 bits per heavy atom. The summed E-state index contributed by atoms with van der Waals surface area (Å²) in [7, 11) is 1.89. The topological polar surface area (TPSA) is 65.7 Å². The van der Waals surface area contributed by atoms with Crippen LogP contribution in [0.4, 0.5) is 0 Å². The molecule has 0 spiro atoms. The maximum absolute atomic E-state index is 5.75. The van der Waals surface area contributed by atoms with Crippen LogP contribution in [0.25, 0.3) is 0 Å². The highest BCUT2D eigenvalue weighted by atomic mass is 127. The summed E-state index contributed by atoms with van der Waals surface area (Å²) in [6.45, 7) is 13.8. The molecule has 0 atom stereocenters. The van der Waals surface area contributed by atoms with Crippen LogP contribution in [0.3, 0.4) is 0 Å². The van der Waals surface area contributed by atoms with Crippen molar-refractivity contribution in [3.63, 3.8) is 0 Å². The van der Waals surface area contributed by atoms with Gasteiger partial charge in [0.05, 0.1) is 12.2 Å². The monoisotopic (exact) mass is 545 g/mol. The number of piperidine rings is 1. The zero-order valence-corrected chi connectivity index (χ0v) is 22.6. The second-order valence-electron chi connectivity index (χ2n) is 10.1. The van der Waals surface area contributed by atoms with Gasteiger partial charge in [-0.3, -0.25) is 9.89 Å². The average molecular weight is 546 g/mol. The number of oxazole rings is 1. The van der Waals surface area contributed by atoms with Crippen molar-refractivity contribution in [2.24, 2.45) is 22.2 Å². The Balaban J connectivity index is 0.00000341. The molecular weight excluding hydrogens is 501 g/mol. The number of hydrogen-bond acceptors (Lipinski definition) is 4. The van der Waals surface area contributed by atoms with Gasteiger partial charge in [-0.15, -0.1) is 24.0 Å². The summed E-state index contributed by atoms with van der Waals surface area (Å²) >= 11 is 0. The van der Waals surface area contributed by atoms with Gasteiger partial charge in [0.15, 0.2) is 5.96 Å². The van der Waals surface area contributed by atoms with Crippen molar-refractivity contribution in [2.45, 2.75) is 79.2 Å². The van der Waals surface area contributed by atoms with Gasteiger partial charge in [-0.1, -0.05) is 26.7 Å². The van der Waals surface area contributed by atoms with Gasteiger partial charge >= 0.3 is 0 Å². The van der Waals surface area contributed by atoms with Gasteiger partial charge in [0.25, 0.3) is 0 Å². The zero-order valence-electron chi connectivity index (χ0n) is 20.3. The van der Waals surface area contributed by atoms with Crippen molar-refractivity contribution in [2.75, 3.05) is 33.2 Å². The molecule has 2 fully saturated rings. The van der Waals surface area contributed by atoms with E-state index in [1.165, 1.54) is 44.9 Å². The number of nitrogens with zero attached hydrogens (tertiary/aromatic N) is 3. The van der Waals surface area contributed by atoms with Crippen molar-refractivity contribution >= 4 is 29.9 Å². The predicted molar refractivity (Wildman–Crippen MR) is 139 cm³/mol. The quantitative estimate of drug-likeness (QED) is 0.277. The molecule has 0 unspecified atom stereocenters. The maximum atomic E-state index is 5.75. The molecule has 1 aromatic rings. The number of nitrogens with one attached hydrogen (secondary N) is 2. The van der Waals surface area contributed by atoms with E-state index in [-0.39, 0.29) is 24.0 Å². The molecule has 1 saturated heterocycles. The molecule has 0 radical (unpaired) electrons. The first kappa shape index (κ1) is 26.4. The summed E-state index contributed by atoms with van der Waals surface area (Å²) in [6, 6.07) is 0. The Labute approximate surface area is 206 Å². The Morgan fingerprint density at radius 2 is 1.87 bits per heavy atom. The average Bonchev–Trinajstić information content (AvgIpc) is 3.29. The van der Waals surface area contributed by atoms with E-state index in [1.54, 1.807) is 0 Å². The molecule has 1 aliphatic heterocycles. The summed E-state index contributed by atoms with van der Waals surface area (Å²) in [5.74, 6) is 4.22. The molecule has 1 aromatic heterocycles. The van der Waals surface area contributed by atoms with E-state index in [1.807, 2.05) is 20.9 Å². The minimum atomic E-state index is 0. The molecule has 3 rings (SSSR count). The Kier molecular flexibility index (Phi) is 10.6. The number of rotatable bonds is 8. The molecule has 31 heavy (non-hydrogen) atoms. The third-order valence-electron chi connectivity index (χ3n) is 7.06. The van der Waals surface area contributed by atoms with Crippen LogP contribution in [-0.4, -0.2) is 49.1 Å². The highest BCUT2D eigenvalue weighted by Gasteiger charge is 2.34. The first-order valence-electron chi connectivity index (χ1n) is 12.0. The Hall–Kier alpha value is -0.830. The molecule has 7 heteroatoms. The van der Waals surface area contributed by atoms with Crippen LogP contribution in [0.15, 0.2) is 9.41 Å². The fourth-order valence-corrected chi connectivity index (χ4v) is 5.32. The van der Waals surface area contributed by atoms with Crippen LogP contribution in [0.5, 0.6) is 0 Å². The molecule has 2 heterocycles. The van der Waals surface area contributed by atoms with Crippen LogP contribution >= 0.6 is 24.0 Å². The van der Waals surface area contributed by atoms with Gasteiger partial charge in [0.2, 0.25) is 5.89 Å². The number of guanidine groups is 1. The lowest BCUT2D eigenvalue weighted by atomic mass is 9.78. The van der Waals surface area contributed by atoms with Crippen molar-refractivity contribution in [1.82, 2.24) is 20.5 Å². The van der Waals surface area contributed by atoms with E-state index in [0.717, 1.165) is 61.9 Å². The predicted octanol–water partition coefficient (Wildman–Crippen LogP) is 4.89. The second-order valence-corrected chi connectivity index (χ2v) is 10.1. The van der Waals surface area contributed by atoms with Crippen LogP contribution in [0.2, 0.25) is 0 Å². The van der Waals surface area contributed by atoms with Crippen LogP contribution in [-0.2, 0) is 6.54 Å². The highest BCUT2D eigenvalue weighted by molar-refractivity contribution is 14.0. The smallest absolute Gasteiger partial charge is 0.208 e. The van der Waals surface area contributed by atoms with E-state index >= 15 is 0 Å². The molecule has 178 valence electrons. The van der Waals surface area contributed by atoms with Gasteiger partial charge in [0.1, 0.15) is 5.76 Å². The number of hydrogen-bond donors (Lipinski definition) is 2. The summed E-state index contributed by atoms with van der Waals surface area (Å²) in [4.78, 5) is 11.5. The first-order valence-corrected chi connectivity index (χ1v) is 12.0. The summed E-state index contributed by atoms with van der Waals surface area (Å²) < 4.78 is 5.75. The van der Waals surface area contributed by atoms with Crippen LogP contribution in [0.1, 0.15) is 76.1 Å². The maximum Gasteiger partial charge on any atom is 0.208 e. The van der Waals surface area contributed by atoms with Crippen molar-refractivity contribution in [3.8, 4) is 0 Å². The Bertz CT molecular complexity index is 669. The normalized spacial score (nSPS) is 20.1. The van der Waals surface area contributed by atoms with Crippen molar-refractivity contribution in [3.05, 3.63) is 17.3 Å². The first-order chi connectivity index (χ1) is 14.4. The van der Waals surface area contributed by atoms with Gasteiger partial charge in [-0.25, -0.2) is 4.98 Å². The second kappa shape index (κ2) is 12.4. The SMILES string of the molecule is CN=C(NCC1CCN(Cc2nc(C)c(C)o2)CC1)NCC1(CC(C)C)CCCC1.I. The van der Waals surface area contributed by atoms with Gasteiger partial charge in [0, 0.05) is 20.1 Å². The molecule has 0 aromatic carbocycles. The molecule has 2 aliphatic rings. The van der Waals surface area contributed by atoms with E-state index in [9.17, 15) is 0 Å². The molecule has 0 bridgehead atoms. The number of likely N-dealkylation sites (tertiary alicyclic amines) is 1. The standard InChI is InChI=1S/C24H43N5O.HI/c1-18(2)14-24(10-6-7-11-24)17-27-23(25-5)26-15-21-8-12-29(13-9-21)16-22-28-19(3)20(4)30-22;/h18,21H,6-17H2,1-5H3,(H2,25,26,27);1H. The lowest BCUT2D eigenvalue weighted by molar-refractivity contribution is 0.164. The summed E-state index contributed by atoms with van der Waals surface area (Å²) in [6.07, 6.45) is 9.21.